The van der Waals surface area contributed by atoms with E-state index in [2.05, 4.69) is 15.9 Å². The Balaban J connectivity index is 2.73. The van der Waals surface area contributed by atoms with Crippen molar-refractivity contribution in [3.63, 3.8) is 0 Å². The molecule has 1 aromatic carbocycles. The topological polar surface area (TPSA) is 34.1 Å². The smallest absolute Gasteiger partial charge is 0.205 e. The molecule has 0 fully saturated rings. The van der Waals surface area contributed by atoms with Gasteiger partial charge in [0.1, 0.15) is 0 Å². The number of ketones is 2. The first-order valence-corrected chi connectivity index (χ1v) is 5.45. The molecule has 0 radical (unpaired) electrons. The van der Waals surface area contributed by atoms with Crippen molar-refractivity contribution >= 4 is 39.1 Å². The fourth-order valence-corrected chi connectivity index (χ4v) is 2.04. The van der Waals surface area contributed by atoms with Gasteiger partial charge in [-0.25, -0.2) is 0 Å². The van der Waals surface area contributed by atoms with Crippen molar-refractivity contribution in [1.29, 1.82) is 0 Å². The van der Waals surface area contributed by atoms with Gasteiger partial charge in [0.25, 0.3) is 0 Å². The van der Waals surface area contributed by atoms with Gasteiger partial charge in [-0.2, -0.15) is 0 Å². The van der Waals surface area contributed by atoms with Crippen LogP contribution in [0.25, 0.3) is 0 Å². The van der Waals surface area contributed by atoms with Gasteiger partial charge in [0.05, 0.1) is 5.03 Å². The Morgan fingerprint density at radius 3 is 2.47 bits per heavy atom. The number of hydrogen-bond donors (Lipinski definition) is 0. The molecule has 2 rings (SSSR count). The maximum absolute atomic E-state index is 11.8. The maximum atomic E-state index is 11.8. The molecule has 0 aliphatic heterocycles. The number of rotatable bonds is 0. The summed E-state index contributed by atoms with van der Waals surface area (Å²) >= 11 is 9.04. The molecule has 76 valence electrons. The van der Waals surface area contributed by atoms with Gasteiger partial charge in [-0.05, 0) is 25.1 Å². The highest BCUT2D eigenvalue weighted by Crippen LogP contribution is 2.29. The van der Waals surface area contributed by atoms with Gasteiger partial charge in [0, 0.05) is 21.2 Å². The molecule has 0 saturated heterocycles. The molecule has 15 heavy (non-hydrogen) atoms. The summed E-state index contributed by atoms with van der Waals surface area (Å²) in [5.74, 6) is -0.466. The van der Waals surface area contributed by atoms with Gasteiger partial charge < -0.3 is 0 Å². The second kappa shape index (κ2) is 3.58. The minimum atomic E-state index is -0.281. The van der Waals surface area contributed by atoms with E-state index < -0.39 is 0 Å². The van der Waals surface area contributed by atoms with Crippen LogP contribution in [0, 0.1) is 0 Å². The van der Waals surface area contributed by atoms with Crippen molar-refractivity contribution in [2.45, 2.75) is 6.92 Å². The highest BCUT2D eigenvalue weighted by Gasteiger charge is 2.28. The molecule has 2 nitrogen and oxygen atoms in total. The average Bonchev–Trinajstić information content (AvgIpc) is 2.23. The molecule has 0 aromatic heterocycles. The number of hydrogen-bond acceptors (Lipinski definition) is 2. The minimum Gasteiger partial charge on any atom is -0.289 e. The summed E-state index contributed by atoms with van der Waals surface area (Å²) in [6, 6.07) is 4.96. The summed E-state index contributed by atoms with van der Waals surface area (Å²) in [6.07, 6.45) is 0. The van der Waals surface area contributed by atoms with Gasteiger partial charge in [-0.3, -0.25) is 9.59 Å². The number of halogens is 2. The lowest BCUT2D eigenvalue weighted by Gasteiger charge is -2.15. The summed E-state index contributed by atoms with van der Waals surface area (Å²) in [6.45, 7) is 1.56. The Morgan fingerprint density at radius 2 is 1.80 bits per heavy atom. The van der Waals surface area contributed by atoms with Crippen molar-refractivity contribution in [1.82, 2.24) is 0 Å². The summed E-state index contributed by atoms with van der Waals surface area (Å²) in [4.78, 5) is 23.5. The number of allylic oxidation sites excluding steroid dienone is 2. The van der Waals surface area contributed by atoms with E-state index in [-0.39, 0.29) is 16.6 Å². The lowest BCUT2D eigenvalue weighted by atomic mass is 9.90. The monoisotopic (exact) mass is 284 g/mol. The average molecular weight is 286 g/mol. The predicted octanol–water partition coefficient (Wildman–Crippen LogP) is 3.34. The van der Waals surface area contributed by atoms with E-state index in [1.54, 1.807) is 25.1 Å². The van der Waals surface area contributed by atoms with Crippen LogP contribution < -0.4 is 0 Å². The Bertz CT molecular complexity index is 517. The van der Waals surface area contributed by atoms with E-state index in [1.807, 2.05) is 0 Å². The Labute approximate surface area is 100 Å². The molecule has 0 amide bonds. The third-order valence-electron chi connectivity index (χ3n) is 2.34. The second-order valence-electron chi connectivity index (χ2n) is 3.29. The first-order valence-electron chi connectivity index (χ1n) is 4.27. The van der Waals surface area contributed by atoms with Gasteiger partial charge in [0.15, 0.2) is 5.78 Å². The van der Waals surface area contributed by atoms with E-state index in [4.69, 9.17) is 11.6 Å². The van der Waals surface area contributed by atoms with Gasteiger partial charge in [-0.15, -0.1) is 0 Å². The molecule has 1 aliphatic carbocycles. The molecule has 0 heterocycles. The summed E-state index contributed by atoms with van der Waals surface area (Å²) in [5, 5.41) is 0.0230. The number of carbonyl (C=O) groups is 2. The zero-order chi connectivity index (χ0) is 11.2. The van der Waals surface area contributed by atoms with Crippen molar-refractivity contribution < 1.29 is 9.59 Å². The molecule has 0 unspecified atom stereocenters. The molecule has 0 bridgehead atoms. The van der Waals surface area contributed by atoms with Crippen LogP contribution in [0.1, 0.15) is 27.6 Å². The predicted molar refractivity (Wildman–Crippen MR) is 61.4 cm³/mol. The normalized spacial score (nSPS) is 15.7. The summed E-state index contributed by atoms with van der Waals surface area (Å²) in [7, 11) is 0. The third-order valence-corrected chi connectivity index (χ3v) is 3.29. The highest BCUT2D eigenvalue weighted by molar-refractivity contribution is 9.10. The number of fused-ring (bicyclic) bond motifs is 1. The van der Waals surface area contributed by atoms with Crippen LogP contribution >= 0.6 is 27.5 Å². The zero-order valence-electron chi connectivity index (χ0n) is 7.80. The Kier molecular flexibility index (Phi) is 2.52. The SMILES string of the molecule is CC1=C(Cl)C(=O)c2ccc(Br)cc2C1=O. The Morgan fingerprint density at radius 1 is 1.13 bits per heavy atom. The van der Waals surface area contributed by atoms with E-state index >= 15 is 0 Å². The van der Waals surface area contributed by atoms with Crippen LogP contribution in [-0.4, -0.2) is 11.6 Å². The highest BCUT2D eigenvalue weighted by atomic mass is 79.9. The van der Waals surface area contributed by atoms with E-state index in [0.717, 1.165) is 4.47 Å². The second-order valence-corrected chi connectivity index (χ2v) is 4.58. The number of carbonyl (C=O) groups excluding carboxylic acids is 2. The lowest BCUT2D eigenvalue weighted by Crippen LogP contribution is -2.18. The van der Waals surface area contributed by atoms with E-state index in [9.17, 15) is 9.59 Å². The Hall–Kier alpha value is -0.930. The largest absolute Gasteiger partial charge is 0.289 e. The lowest BCUT2D eigenvalue weighted by molar-refractivity contribution is 0.0981. The standard InChI is InChI=1S/C11H6BrClO2/c1-5-9(13)11(15)7-3-2-6(12)4-8(7)10(5)14/h2-4H,1H3. The van der Waals surface area contributed by atoms with Gasteiger partial charge >= 0.3 is 0 Å². The van der Waals surface area contributed by atoms with Crippen LogP contribution in [-0.2, 0) is 0 Å². The molecule has 0 spiro atoms. The molecular formula is C11H6BrClO2. The fraction of sp³-hybridized carbons (Fsp3) is 0.0909. The van der Waals surface area contributed by atoms with Gasteiger partial charge in [0.2, 0.25) is 5.78 Å². The van der Waals surface area contributed by atoms with Crippen LogP contribution in [0.3, 0.4) is 0 Å². The van der Waals surface area contributed by atoms with E-state index in [1.165, 1.54) is 0 Å². The first-order chi connectivity index (χ1) is 7.02. The first kappa shape index (κ1) is 10.6. The van der Waals surface area contributed by atoms with Crippen molar-refractivity contribution in [2.75, 3.05) is 0 Å². The quantitative estimate of drug-likeness (QED) is 0.732. The molecule has 1 aliphatic rings. The number of benzene rings is 1. The van der Waals surface area contributed by atoms with Crippen LogP contribution in [0.2, 0.25) is 0 Å². The molecule has 0 saturated carbocycles. The molecule has 0 N–H and O–H groups in total. The summed E-state index contributed by atoms with van der Waals surface area (Å²) < 4.78 is 0.772. The molecule has 0 atom stereocenters. The van der Waals surface area contributed by atoms with Crippen molar-refractivity contribution in [3.05, 3.63) is 44.4 Å². The molecule has 1 aromatic rings. The van der Waals surface area contributed by atoms with Crippen molar-refractivity contribution in [3.8, 4) is 0 Å². The molecule has 4 heteroatoms. The maximum Gasteiger partial charge on any atom is 0.205 e. The minimum absolute atomic E-state index is 0.0230. The fourth-order valence-electron chi connectivity index (χ4n) is 1.49. The van der Waals surface area contributed by atoms with Gasteiger partial charge in [-0.1, -0.05) is 27.5 Å². The van der Waals surface area contributed by atoms with Crippen LogP contribution in [0.4, 0.5) is 0 Å². The van der Waals surface area contributed by atoms with E-state index in [0.29, 0.717) is 16.7 Å². The van der Waals surface area contributed by atoms with Crippen LogP contribution in [0.15, 0.2) is 33.3 Å². The van der Waals surface area contributed by atoms with Crippen molar-refractivity contribution in [2.24, 2.45) is 0 Å². The third kappa shape index (κ3) is 1.56. The molecular weight excluding hydrogens is 279 g/mol. The number of Topliss-reactive ketones (excluding diaryl/α,β-unsaturated/α-hetero) is 2. The zero-order valence-corrected chi connectivity index (χ0v) is 10.1. The van der Waals surface area contributed by atoms with Crippen LogP contribution in [0.5, 0.6) is 0 Å². The summed E-state index contributed by atoms with van der Waals surface area (Å²) in [5.41, 5.74) is 1.10.